The molecule has 2 aromatic rings. The van der Waals surface area contributed by atoms with Gasteiger partial charge in [-0.15, -0.1) is 0 Å². The summed E-state index contributed by atoms with van der Waals surface area (Å²) >= 11 is 0. The van der Waals surface area contributed by atoms with Crippen LogP contribution >= 0.6 is 0 Å². The van der Waals surface area contributed by atoms with Gasteiger partial charge in [-0.05, 0) is 43.7 Å². The molecule has 0 bridgehead atoms. The average Bonchev–Trinajstić information content (AvgIpc) is 2.50. The van der Waals surface area contributed by atoms with Crippen molar-refractivity contribution in [1.82, 2.24) is 5.32 Å². The third kappa shape index (κ3) is 4.02. The van der Waals surface area contributed by atoms with Gasteiger partial charge in [0, 0.05) is 17.7 Å². The van der Waals surface area contributed by atoms with Gasteiger partial charge in [0.25, 0.3) is 0 Å². The number of ether oxygens (including phenoxy) is 1. The van der Waals surface area contributed by atoms with Crippen LogP contribution in [0.5, 0.6) is 5.75 Å². The molecule has 112 valence electrons. The quantitative estimate of drug-likeness (QED) is 0.872. The first kappa shape index (κ1) is 15.4. The highest BCUT2D eigenvalue weighted by Gasteiger charge is 2.14. The van der Waals surface area contributed by atoms with Gasteiger partial charge >= 0.3 is 0 Å². The summed E-state index contributed by atoms with van der Waals surface area (Å²) in [5.41, 5.74) is 1.64. The van der Waals surface area contributed by atoms with Gasteiger partial charge in [0.2, 0.25) is 0 Å². The molecule has 0 heterocycles. The Bertz CT molecular complexity index is 584. The van der Waals surface area contributed by atoms with Crippen LogP contribution < -0.4 is 10.1 Å². The third-order valence-corrected chi connectivity index (χ3v) is 3.57. The van der Waals surface area contributed by atoms with E-state index in [0.717, 1.165) is 30.2 Å². The first-order valence-corrected chi connectivity index (χ1v) is 6.89. The largest absolute Gasteiger partial charge is 0.497 e. The Kier molecular flexibility index (Phi) is 5.28. The number of hydrogen-bond acceptors (Lipinski definition) is 2. The van der Waals surface area contributed by atoms with Gasteiger partial charge in [-0.3, -0.25) is 0 Å². The van der Waals surface area contributed by atoms with Gasteiger partial charge < -0.3 is 10.1 Å². The molecule has 1 N–H and O–H groups in total. The van der Waals surface area contributed by atoms with Crippen molar-refractivity contribution >= 4 is 0 Å². The normalized spacial score (nSPS) is 12.2. The summed E-state index contributed by atoms with van der Waals surface area (Å²) in [5, 5.41) is 3.08. The van der Waals surface area contributed by atoms with Crippen molar-refractivity contribution in [2.45, 2.75) is 18.9 Å². The molecule has 0 fully saturated rings. The topological polar surface area (TPSA) is 21.3 Å². The van der Waals surface area contributed by atoms with Crippen LogP contribution in [0.25, 0.3) is 0 Å². The number of benzene rings is 2. The Morgan fingerprint density at radius 2 is 1.81 bits per heavy atom. The maximum atomic E-state index is 13.8. The molecule has 2 nitrogen and oxygen atoms in total. The summed E-state index contributed by atoms with van der Waals surface area (Å²) in [4.78, 5) is 0. The van der Waals surface area contributed by atoms with E-state index < -0.39 is 11.6 Å². The number of rotatable bonds is 6. The van der Waals surface area contributed by atoms with Crippen molar-refractivity contribution in [3.05, 3.63) is 65.2 Å². The molecule has 0 aliphatic heterocycles. The standard InChI is InChI=1S/C17H19F2NO/c1-20-17(15-9-6-13(18)11-16(15)19)10-5-12-3-7-14(21-2)8-4-12/h3-4,6-9,11,17,20H,5,10H2,1-2H3. The lowest BCUT2D eigenvalue weighted by Gasteiger charge is -2.17. The minimum Gasteiger partial charge on any atom is -0.497 e. The lowest BCUT2D eigenvalue weighted by molar-refractivity contribution is 0.414. The average molecular weight is 291 g/mol. The van der Waals surface area contributed by atoms with Gasteiger partial charge in [-0.25, -0.2) is 8.78 Å². The highest BCUT2D eigenvalue weighted by Crippen LogP contribution is 2.23. The summed E-state index contributed by atoms with van der Waals surface area (Å²) in [7, 11) is 3.41. The van der Waals surface area contributed by atoms with E-state index in [1.807, 2.05) is 24.3 Å². The fourth-order valence-corrected chi connectivity index (χ4v) is 2.34. The Hall–Kier alpha value is -1.94. The van der Waals surface area contributed by atoms with E-state index in [1.165, 1.54) is 12.1 Å². The Morgan fingerprint density at radius 3 is 2.38 bits per heavy atom. The van der Waals surface area contributed by atoms with Crippen molar-refractivity contribution in [1.29, 1.82) is 0 Å². The molecule has 21 heavy (non-hydrogen) atoms. The van der Waals surface area contributed by atoms with Crippen molar-refractivity contribution < 1.29 is 13.5 Å². The molecule has 0 aromatic heterocycles. The summed E-state index contributed by atoms with van der Waals surface area (Å²) in [6.45, 7) is 0. The minimum absolute atomic E-state index is 0.146. The Morgan fingerprint density at radius 1 is 1.10 bits per heavy atom. The highest BCUT2D eigenvalue weighted by molar-refractivity contribution is 5.28. The first-order valence-electron chi connectivity index (χ1n) is 6.89. The molecule has 0 saturated heterocycles. The molecule has 4 heteroatoms. The lowest BCUT2D eigenvalue weighted by Crippen LogP contribution is -2.18. The SMILES string of the molecule is CNC(CCc1ccc(OC)cc1)c1ccc(F)cc1F. The molecular formula is C17H19F2NO. The monoisotopic (exact) mass is 291 g/mol. The number of aryl methyl sites for hydroxylation is 1. The smallest absolute Gasteiger partial charge is 0.130 e. The van der Waals surface area contributed by atoms with Gasteiger partial charge in [0.15, 0.2) is 0 Å². The summed E-state index contributed by atoms with van der Waals surface area (Å²) in [6.07, 6.45) is 1.53. The molecule has 1 atom stereocenters. The fraction of sp³-hybridized carbons (Fsp3) is 0.294. The molecule has 0 spiro atoms. The van der Waals surface area contributed by atoms with Crippen LogP contribution in [-0.2, 0) is 6.42 Å². The number of nitrogens with one attached hydrogen (secondary N) is 1. The number of halogens is 2. The summed E-state index contributed by atoms with van der Waals surface area (Å²) in [5.74, 6) is -0.251. The van der Waals surface area contributed by atoms with Crippen molar-refractivity contribution in [3.63, 3.8) is 0 Å². The zero-order valence-electron chi connectivity index (χ0n) is 12.2. The maximum absolute atomic E-state index is 13.8. The summed E-state index contributed by atoms with van der Waals surface area (Å²) < 4.78 is 31.9. The highest BCUT2D eigenvalue weighted by atomic mass is 19.1. The third-order valence-electron chi connectivity index (χ3n) is 3.57. The zero-order valence-corrected chi connectivity index (χ0v) is 12.2. The van der Waals surface area contributed by atoms with Gasteiger partial charge in [-0.2, -0.15) is 0 Å². The van der Waals surface area contributed by atoms with Gasteiger partial charge in [-0.1, -0.05) is 18.2 Å². The van der Waals surface area contributed by atoms with E-state index >= 15 is 0 Å². The molecule has 1 unspecified atom stereocenters. The Labute approximate surface area is 123 Å². The molecule has 0 amide bonds. The molecule has 0 aliphatic rings. The van der Waals surface area contributed by atoms with Crippen LogP contribution in [0.1, 0.15) is 23.6 Å². The maximum Gasteiger partial charge on any atom is 0.130 e. The molecule has 0 aliphatic carbocycles. The second-order valence-electron chi connectivity index (χ2n) is 4.89. The van der Waals surface area contributed by atoms with Crippen LogP contribution in [0.3, 0.4) is 0 Å². The van der Waals surface area contributed by atoms with E-state index in [9.17, 15) is 8.78 Å². The van der Waals surface area contributed by atoms with Crippen molar-refractivity contribution in [3.8, 4) is 5.75 Å². The van der Waals surface area contributed by atoms with Crippen LogP contribution in [0, 0.1) is 11.6 Å². The summed E-state index contributed by atoms with van der Waals surface area (Å²) in [6, 6.07) is 11.4. The number of methoxy groups -OCH3 is 1. The molecule has 2 rings (SSSR count). The van der Waals surface area contributed by atoms with Crippen LogP contribution in [0.4, 0.5) is 8.78 Å². The molecule has 2 aromatic carbocycles. The molecule has 0 radical (unpaired) electrons. The first-order chi connectivity index (χ1) is 10.1. The van der Waals surface area contributed by atoms with Gasteiger partial charge in [0.05, 0.1) is 7.11 Å². The van der Waals surface area contributed by atoms with Crippen LogP contribution in [0.2, 0.25) is 0 Å². The van der Waals surface area contributed by atoms with Crippen molar-refractivity contribution in [2.24, 2.45) is 0 Å². The molecule has 0 saturated carbocycles. The van der Waals surface area contributed by atoms with E-state index in [4.69, 9.17) is 4.74 Å². The van der Waals surface area contributed by atoms with E-state index in [-0.39, 0.29) is 6.04 Å². The number of hydrogen-bond donors (Lipinski definition) is 1. The van der Waals surface area contributed by atoms with E-state index in [1.54, 1.807) is 14.2 Å². The predicted molar refractivity (Wildman–Crippen MR) is 79.5 cm³/mol. The molecular weight excluding hydrogens is 272 g/mol. The van der Waals surface area contributed by atoms with E-state index in [2.05, 4.69) is 5.32 Å². The zero-order chi connectivity index (χ0) is 15.2. The second-order valence-corrected chi connectivity index (χ2v) is 4.89. The lowest BCUT2D eigenvalue weighted by atomic mass is 9.98. The predicted octanol–water partition coefficient (Wildman–Crippen LogP) is 3.87. The van der Waals surface area contributed by atoms with E-state index in [0.29, 0.717) is 5.56 Å². The van der Waals surface area contributed by atoms with Crippen molar-refractivity contribution in [2.75, 3.05) is 14.2 Å². The van der Waals surface area contributed by atoms with Gasteiger partial charge in [0.1, 0.15) is 17.4 Å². The van der Waals surface area contributed by atoms with Crippen LogP contribution in [0.15, 0.2) is 42.5 Å². The fourth-order valence-electron chi connectivity index (χ4n) is 2.34. The van der Waals surface area contributed by atoms with Crippen LogP contribution in [-0.4, -0.2) is 14.2 Å². The Balaban J connectivity index is 2.04. The minimum atomic E-state index is -0.554. The second kappa shape index (κ2) is 7.18.